The highest BCUT2D eigenvalue weighted by Gasteiger charge is 2.33. The third-order valence-corrected chi connectivity index (χ3v) is 2.09. The van der Waals surface area contributed by atoms with Crippen LogP contribution in [0.2, 0.25) is 0 Å². The largest absolute Gasteiger partial charge is 0.394 e. The van der Waals surface area contributed by atoms with Crippen molar-refractivity contribution in [2.45, 2.75) is 43.9 Å². The van der Waals surface area contributed by atoms with Crippen molar-refractivity contribution in [3.8, 4) is 0 Å². The summed E-state index contributed by atoms with van der Waals surface area (Å²) < 4.78 is 0. The van der Waals surface area contributed by atoms with Crippen molar-refractivity contribution < 1.29 is 30.6 Å². The molecule has 6 nitrogen and oxygen atoms in total. The molecule has 0 rings (SSSR count). The molecule has 0 aliphatic rings. The number of rotatable bonds is 6. The lowest BCUT2D eigenvalue weighted by Gasteiger charge is -2.27. The Bertz CT molecular complexity index is 137. The molecule has 1 unspecified atom stereocenters. The molecule has 6 N–H and O–H groups in total. The van der Waals surface area contributed by atoms with Crippen molar-refractivity contribution in [1.82, 2.24) is 0 Å². The van der Waals surface area contributed by atoms with Crippen LogP contribution in [-0.2, 0) is 0 Å². The van der Waals surface area contributed by atoms with Crippen LogP contribution in [0.1, 0.15) is 13.3 Å². The Morgan fingerprint density at radius 2 is 1.21 bits per heavy atom. The lowest BCUT2D eigenvalue weighted by Crippen LogP contribution is -2.49. The first-order valence-corrected chi connectivity index (χ1v) is 4.46. The third-order valence-electron chi connectivity index (χ3n) is 2.09. The van der Waals surface area contributed by atoms with Gasteiger partial charge >= 0.3 is 0 Å². The number of hydrogen-bond donors (Lipinski definition) is 6. The summed E-state index contributed by atoms with van der Waals surface area (Å²) in [7, 11) is 0. The molecule has 5 atom stereocenters. The van der Waals surface area contributed by atoms with Crippen molar-refractivity contribution in [3.05, 3.63) is 0 Å². The van der Waals surface area contributed by atoms with Gasteiger partial charge in [-0.3, -0.25) is 0 Å². The van der Waals surface area contributed by atoms with E-state index in [1.54, 1.807) is 6.92 Å². The summed E-state index contributed by atoms with van der Waals surface area (Å²) in [6.07, 6.45) is -7.42. The summed E-state index contributed by atoms with van der Waals surface area (Å²) in [6, 6.07) is 0. The molecule has 0 heterocycles. The Kier molecular flexibility index (Phi) is 6.17. The highest BCUT2D eigenvalue weighted by molar-refractivity contribution is 4.83. The fraction of sp³-hybridized carbons (Fsp3) is 1.00. The maximum absolute atomic E-state index is 9.26. The summed E-state index contributed by atoms with van der Waals surface area (Å²) in [4.78, 5) is 0. The highest BCUT2D eigenvalue weighted by atomic mass is 16.4. The molecule has 0 amide bonds. The Labute approximate surface area is 82.1 Å². The van der Waals surface area contributed by atoms with E-state index in [-0.39, 0.29) is 6.42 Å². The molecule has 0 spiro atoms. The first-order chi connectivity index (χ1) is 6.45. The van der Waals surface area contributed by atoms with Crippen LogP contribution in [0.5, 0.6) is 0 Å². The SMILES string of the molecule is CCC(O)[C@H](O)[C@@H](O)[C@H](O)[C@H](O)CO. The van der Waals surface area contributed by atoms with E-state index < -0.39 is 37.1 Å². The Hall–Kier alpha value is -0.240. The second kappa shape index (κ2) is 6.28. The summed E-state index contributed by atoms with van der Waals surface area (Å²) >= 11 is 0. The summed E-state index contributed by atoms with van der Waals surface area (Å²) in [5.41, 5.74) is 0. The van der Waals surface area contributed by atoms with E-state index in [2.05, 4.69) is 0 Å². The molecule has 0 saturated carbocycles. The van der Waals surface area contributed by atoms with Gasteiger partial charge in [0.2, 0.25) is 0 Å². The van der Waals surface area contributed by atoms with E-state index in [0.29, 0.717) is 0 Å². The molecule has 0 radical (unpaired) electrons. The minimum atomic E-state index is -1.69. The predicted octanol–water partition coefficient (Wildman–Crippen LogP) is -2.81. The predicted molar refractivity (Wildman–Crippen MR) is 47.4 cm³/mol. The summed E-state index contributed by atoms with van der Waals surface area (Å²) in [5.74, 6) is 0. The van der Waals surface area contributed by atoms with Crippen molar-refractivity contribution in [2.24, 2.45) is 0 Å². The Balaban J connectivity index is 4.22. The van der Waals surface area contributed by atoms with E-state index in [1.807, 2.05) is 0 Å². The monoisotopic (exact) mass is 210 g/mol. The van der Waals surface area contributed by atoms with Crippen molar-refractivity contribution >= 4 is 0 Å². The second-order valence-electron chi connectivity index (χ2n) is 3.20. The zero-order valence-electron chi connectivity index (χ0n) is 7.98. The van der Waals surface area contributed by atoms with Gasteiger partial charge in [0.05, 0.1) is 12.7 Å². The zero-order valence-corrected chi connectivity index (χ0v) is 7.98. The minimum absolute atomic E-state index is 0.208. The molecule has 86 valence electrons. The van der Waals surface area contributed by atoms with E-state index in [1.165, 1.54) is 0 Å². The van der Waals surface area contributed by atoms with Gasteiger partial charge in [0.25, 0.3) is 0 Å². The van der Waals surface area contributed by atoms with Gasteiger partial charge in [0.15, 0.2) is 0 Å². The topological polar surface area (TPSA) is 121 Å². The molecule has 0 aromatic heterocycles. The van der Waals surface area contributed by atoms with E-state index in [9.17, 15) is 10.2 Å². The average Bonchev–Trinajstić information content (AvgIpc) is 2.23. The smallest absolute Gasteiger partial charge is 0.111 e. The van der Waals surface area contributed by atoms with Crippen LogP contribution in [0.3, 0.4) is 0 Å². The van der Waals surface area contributed by atoms with E-state index >= 15 is 0 Å². The fourth-order valence-corrected chi connectivity index (χ4v) is 1.01. The standard InChI is InChI=1S/C8H18O6/c1-2-4(10)6(12)8(14)7(13)5(11)3-9/h4-14H,2-3H2,1H3/t4?,5-,6+,7-,8-/m1/s1. The first-order valence-electron chi connectivity index (χ1n) is 4.46. The summed E-state index contributed by atoms with van der Waals surface area (Å²) in [6.45, 7) is 0.864. The molecule has 0 bridgehead atoms. The minimum Gasteiger partial charge on any atom is -0.394 e. The van der Waals surface area contributed by atoms with Crippen LogP contribution in [0.4, 0.5) is 0 Å². The Morgan fingerprint density at radius 1 is 0.786 bits per heavy atom. The van der Waals surface area contributed by atoms with E-state index in [0.717, 1.165) is 0 Å². The quantitative estimate of drug-likeness (QED) is 0.281. The third kappa shape index (κ3) is 3.49. The molecular weight excluding hydrogens is 192 g/mol. The number of hydrogen-bond acceptors (Lipinski definition) is 6. The van der Waals surface area contributed by atoms with Crippen LogP contribution in [-0.4, -0.2) is 67.8 Å². The molecule has 0 aliphatic heterocycles. The first kappa shape index (κ1) is 13.8. The van der Waals surface area contributed by atoms with Crippen molar-refractivity contribution in [3.63, 3.8) is 0 Å². The lowest BCUT2D eigenvalue weighted by atomic mass is 9.98. The molecule has 0 aliphatic carbocycles. The molecule has 0 fully saturated rings. The van der Waals surface area contributed by atoms with Crippen LogP contribution >= 0.6 is 0 Å². The normalized spacial score (nSPS) is 22.5. The molecule has 14 heavy (non-hydrogen) atoms. The van der Waals surface area contributed by atoms with Gasteiger partial charge in [-0.1, -0.05) is 6.92 Å². The molecule has 0 aromatic carbocycles. The van der Waals surface area contributed by atoms with Crippen molar-refractivity contribution in [2.75, 3.05) is 6.61 Å². The van der Waals surface area contributed by atoms with Crippen molar-refractivity contribution in [1.29, 1.82) is 0 Å². The highest BCUT2D eigenvalue weighted by Crippen LogP contribution is 2.10. The van der Waals surface area contributed by atoms with Gasteiger partial charge < -0.3 is 30.6 Å². The van der Waals surface area contributed by atoms with Gasteiger partial charge in [0.1, 0.15) is 24.4 Å². The van der Waals surface area contributed by atoms with Crippen LogP contribution < -0.4 is 0 Å². The molecule has 0 aromatic rings. The van der Waals surface area contributed by atoms with Gasteiger partial charge in [-0.15, -0.1) is 0 Å². The Morgan fingerprint density at radius 3 is 1.57 bits per heavy atom. The van der Waals surface area contributed by atoms with Crippen LogP contribution in [0.15, 0.2) is 0 Å². The number of aliphatic hydroxyl groups is 6. The van der Waals surface area contributed by atoms with Crippen LogP contribution in [0, 0.1) is 0 Å². The molecule has 6 heteroatoms. The maximum atomic E-state index is 9.26. The summed E-state index contributed by atoms with van der Waals surface area (Å²) in [5, 5.41) is 54.2. The van der Waals surface area contributed by atoms with Crippen LogP contribution in [0.25, 0.3) is 0 Å². The maximum Gasteiger partial charge on any atom is 0.111 e. The van der Waals surface area contributed by atoms with E-state index in [4.69, 9.17) is 20.4 Å². The van der Waals surface area contributed by atoms with Gasteiger partial charge in [-0.25, -0.2) is 0 Å². The van der Waals surface area contributed by atoms with Gasteiger partial charge in [-0.05, 0) is 6.42 Å². The fourth-order valence-electron chi connectivity index (χ4n) is 1.01. The van der Waals surface area contributed by atoms with Gasteiger partial charge in [0, 0.05) is 0 Å². The second-order valence-corrected chi connectivity index (χ2v) is 3.20. The average molecular weight is 210 g/mol. The van der Waals surface area contributed by atoms with Gasteiger partial charge in [-0.2, -0.15) is 0 Å². The number of aliphatic hydroxyl groups excluding tert-OH is 6. The lowest BCUT2D eigenvalue weighted by molar-refractivity contribution is -0.140. The zero-order chi connectivity index (χ0) is 11.3. The molecule has 0 saturated heterocycles. The molecular formula is C8H18O6.